The zero-order chi connectivity index (χ0) is 37.2. The molecule has 1 fully saturated rings. The molecule has 6 aromatic rings. The van der Waals surface area contributed by atoms with E-state index in [-0.39, 0.29) is 0 Å². The number of imidazole rings is 2. The van der Waals surface area contributed by atoms with Crippen molar-refractivity contribution in [1.29, 1.82) is 0 Å². The summed E-state index contributed by atoms with van der Waals surface area (Å²) in [5.41, 5.74) is 9.53. The number of aryl methyl sites for hydroxylation is 3. The average molecular weight is 754 g/mol. The number of hydrogen-bond donors (Lipinski definition) is 2. The van der Waals surface area contributed by atoms with Crippen molar-refractivity contribution in [2.75, 3.05) is 26.2 Å². The second-order valence-electron chi connectivity index (χ2n) is 14.3. The van der Waals surface area contributed by atoms with Crippen molar-refractivity contribution in [2.45, 2.75) is 85.5 Å². The second kappa shape index (κ2) is 19.0. The van der Waals surface area contributed by atoms with Crippen molar-refractivity contribution in [3.05, 3.63) is 129 Å². The summed E-state index contributed by atoms with van der Waals surface area (Å²) in [6, 6.07) is 29.4. The first-order valence-corrected chi connectivity index (χ1v) is 20.0. The molecule has 7 rings (SSSR count). The number of hydrogen-bond acceptors (Lipinski definition) is 5. The van der Waals surface area contributed by atoms with E-state index < -0.39 is 0 Å². The molecule has 1 saturated heterocycles. The quantitative estimate of drug-likeness (QED) is 0.116. The molecular weight excluding hydrogens is 699 g/mol. The van der Waals surface area contributed by atoms with Gasteiger partial charge in [-0.3, -0.25) is 0 Å². The minimum atomic E-state index is 0.544. The third kappa shape index (κ3) is 10.5. The van der Waals surface area contributed by atoms with E-state index >= 15 is 0 Å². The molecule has 0 radical (unpaired) electrons. The molecule has 3 heterocycles. The Balaban J connectivity index is 0.000000181. The van der Waals surface area contributed by atoms with Crippen LogP contribution in [-0.2, 0) is 30.9 Å². The van der Waals surface area contributed by atoms with Gasteiger partial charge in [0.05, 0.1) is 28.7 Å². The minimum absolute atomic E-state index is 0.544. The number of fused-ring (bicyclic) bond motifs is 2. The Hall–Kier alpha value is -3.72. The molecular formula is C44H54Cl2N6O. The van der Waals surface area contributed by atoms with Crippen LogP contribution in [0.25, 0.3) is 22.1 Å². The smallest absolute Gasteiger partial charge is 0.136 e. The number of aromatic nitrogens is 4. The molecule has 1 unspecified atom stereocenters. The first-order valence-electron chi connectivity index (χ1n) is 19.2. The van der Waals surface area contributed by atoms with Crippen LogP contribution >= 0.6 is 23.2 Å². The van der Waals surface area contributed by atoms with Crippen LogP contribution < -0.4 is 10.6 Å². The molecule has 2 aromatic heterocycles. The molecule has 0 aliphatic carbocycles. The lowest BCUT2D eigenvalue weighted by Gasteiger charge is -2.22. The lowest BCUT2D eigenvalue weighted by molar-refractivity contribution is 0.0710. The van der Waals surface area contributed by atoms with Crippen LogP contribution in [0.1, 0.15) is 73.4 Å². The SMILES string of the molecule is CCNC(CC)CCc1nc2cc(C)c(C)cc2n1Cc1ccc(Cl)cc1.Clc1ccc(Cn2c(COCC3CCNCC3)nc3ccccc32)cc1. The highest BCUT2D eigenvalue weighted by molar-refractivity contribution is 6.30. The van der Waals surface area contributed by atoms with Gasteiger partial charge in [-0.25, -0.2) is 9.97 Å². The molecule has 0 spiro atoms. The number of benzene rings is 4. The van der Waals surface area contributed by atoms with Gasteiger partial charge in [-0.05, 0) is 136 Å². The normalized spacial score (nSPS) is 14.1. The molecule has 0 bridgehead atoms. The van der Waals surface area contributed by atoms with E-state index in [1.165, 1.54) is 46.4 Å². The van der Waals surface area contributed by atoms with Gasteiger partial charge >= 0.3 is 0 Å². The summed E-state index contributed by atoms with van der Waals surface area (Å²) < 4.78 is 10.7. The maximum Gasteiger partial charge on any atom is 0.136 e. The monoisotopic (exact) mass is 752 g/mol. The lowest BCUT2D eigenvalue weighted by atomic mass is 9.99. The zero-order valence-corrected chi connectivity index (χ0v) is 33.2. The number of para-hydroxylation sites is 2. The summed E-state index contributed by atoms with van der Waals surface area (Å²) in [5.74, 6) is 2.81. The predicted octanol–water partition coefficient (Wildman–Crippen LogP) is 9.93. The standard InChI is InChI=1S/C23H30ClN3.C21H24ClN3O/c1-5-20(25-6-2)11-12-23-26-21-13-16(3)17(4)14-22(21)27(23)15-18-7-9-19(24)10-8-18;22-18-7-5-16(6-8-18)13-25-20-4-2-1-3-19(20)24-21(25)15-26-14-17-9-11-23-12-10-17/h7-10,13-14,20,25H,5-6,11-12,15H2,1-4H3;1-8,17,23H,9-15H2. The highest BCUT2D eigenvalue weighted by Crippen LogP contribution is 2.25. The Morgan fingerprint density at radius 1 is 0.774 bits per heavy atom. The highest BCUT2D eigenvalue weighted by atomic mass is 35.5. The molecule has 7 nitrogen and oxygen atoms in total. The van der Waals surface area contributed by atoms with Gasteiger partial charge < -0.3 is 24.5 Å². The fourth-order valence-corrected chi connectivity index (χ4v) is 7.41. The van der Waals surface area contributed by atoms with E-state index in [1.807, 2.05) is 30.3 Å². The molecule has 1 aliphatic rings. The van der Waals surface area contributed by atoms with E-state index in [2.05, 4.69) is 102 Å². The summed E-state index contributed by atoms with van der Waals surface area (Å²) in [6.45, 7) is 14.9. The number of ether oxygens (including phenoxy) is 1. The largest absolute Gasteiger partial charge is 0.373 e. The van der Waals surface area contributed by atoms with Crippen molar-refractivity contribution >= 4 is 45.3 Å². The van der Waals surface area contributed by atoms with Gasteiger partial charge in [-0.15, -0.1) is 0 Å². The molecule has 1 atom stereocenters. The summed E-state index contributed by atoms with van der Waals surface area (Å²) in [4.78, 5) is 9.81. The Morgan fingerprint density at radius 2 is 1.38 bits per heavy atom. The Labute approximate surface area is 325 Å². The molecule has 1 aliphatic heterocycles. The van der Waals surface area contributed by atoms with E-state index in [1.54, 1.807) is 0 Å². The van der Waals surface area contributed by atoms with Crippen molar-refractivity contribution in [3.63, 3.8) is 0 Å². The summed E-state index contributed by atoms with van der Waals surface area (Å²) >= 11 is 12.1. The fraction of sp³-hybridized carbons (Fsp3) is 0.409. The Bertz CT molecular complexity index is 2050. The van der Waals surface area contributed by atoms with Crippen LogP contribution in [0.5, 0.6) is 0 Å². The Kier molecular flexibility index (Phi) is 14.0. The molecule has 53 heavy (non-hydrogen) atoms. The van der Waals surface area contributed by atoms with E-state index in [9.17, 15) is 0 Å². The van der Waals surface area contributed by atoms with Gasteiger partial charge in [0.15, 0.2) is 0 Å². The first-order chi connectivity index (χ1) is 25.8. The number of piperidine rings is 1. The summed E-state index contributed by atoms with van der Waals surface area (Å²) in [7, 11) is 0. The van der Waals surface area contributed by atoms with Gasteiger partial charge in [0.1, 0.15) is 18.3 Å². The fourth-order valence-electron chi connectivity index (χ4n) is 7.16. The Morgan fingerprint density at radius 3 is 2.02 bits per heavy atom. The third-order valence-corrected chi connectivity index (χ3v) is 10.9. The number of nitrogens with zero attached hydrogens (tertiary/aromatic N) is 4. The van der Waals surface area contributed by atoms with E-state index in [4.69, 9.17) is 37.9 Å². The van der Waals surface area contributed by atoms with Crippen molar-refractivity contribution in [2.24, 2.45) is 5.92 Å². The number of halogens is 2. The number of nitrogens with one attached hydrogen (secondary N) is 2. The summed E-state index contributed by atoms with van der Waals surface area (Å²) in [5, 5.41) is 8.51. The summed E-state index contributed by atoms with van der Waals surface area (Å²) in [6.07, 6.45) is 5.62. The van der Waals surface area contributed by atoms with Gasteiger partial charge in [0.25, 0.3) is 0 Å². The topological polar surface area (TPSA) is 68.9 Å². The molecule has 9 heteroatoms. The molecule has 0 amide bonds. The molecule has 4 aromatic carbocycles. The van der Waals surface area contributed by atoms with Gasteiger partial charge in [-0.1, -0.05) is 73.4 Å². The van der Waals surface area contributed by atoms with Gasteiger partial charge in [-0.2, -0.15) is 0 Å². The average Bonchev–Trinajstić information content (AvgIpc) is 3.68. The minimum Gasteiger partial charge on any atom is -0.373 e. The predicted molar refractivity (Wildman–Crippen MR) is 221 cm³/mol. The van der Waals surface area contributed by atoms with Crippen LogP contribution in [0, 0.1) is 19.8 Å². The van der Waals surface area contributed by atoms with Crippen LogP contribution in [-0.4, -0.2) is 51.4 Å². The lowest BCUT2D eigenvalue weighted by Crippen LogP contribution is -2.30. The van der Waals surface area contributed by atoms with Crippen LogP contribution in [0.2, 0.25) is 10.0 Å². The highest BCUT2D eigenvalue weighted by Gasteiger charge is 2.17. The molecule has 2 N–H and O–H groups in total. The molecule has 280 valence electrons. The van der Waals surface area contributed by atoms with E-state index in [0.717, 1.165) is 91.0 Å². The zero-order valence-electron chi connectivity index (χ0n) is 31.7. The second-order valence-corrected chi connectivity index (χ2v) is 15.2. The van der Waals surface area contributed by atoms with Gasteiger partial charge in [0, 0.05) is 35.6 Å². The van der Waals surface area contributed by atoms with E-state index in [0.29, 0.717) is 18.6 Å². The number of rotatable bonds is 14. The first kappa shape index (κ1) is 39.0. The van der Waals surface area contributed by atoms with Crippen LogP contribution in [0.15, 0.2) is 84.9 Å². The van der Waals surface area contributed by atoms with Crippen molar-refractivity contribution in [3.8, 4) is 0 Å². The van der Waals surface area contributed by atoms with Crippen LogP contribution in [0.3, 0.4) is 0 Å². The molecule has 0 saturated carbocycles. The maximum absolute atomic E-state index is 6.06. The third-order valence-electron chi connectivity index (χ3n) is 10.4. The maximum atomic E-state index is 6.06. The van der Waals surface area contributed by atoms with Crippen LogP contribution in [0.4, 0.5) is 0 Å². The van der Waals surface area contributed by atoms with Crippen molar-refractivity contribution in [1.82, 2.24) is 29.7 Å². The van der Waals surface area contributed by atoms with Crippen molar-refractivity contribution < 1.29 is 4.74 Å². The van der Waals surface area contributed by atoms with Gasteiger partial charge in [0.2, 0.25) is 0 Å².